The second-order valence-corrected chi connectivity index (χ2v) is 7.08. The molecule has 4 rings (SSSR count). The number of anilines is 2. The number of hydrogen-bond acceptors (Lipinski definition) is 6. The van der Waals surface area contributed by atoms with Crippen LogP contribution in [0.1, 0.15) is 63.9 Å². The van der Waals surface area contributed by atoms with Crippen LogP contribution in [0.2, 0.25) is 0 Å². The first kappa shape index (κ1) is 17.2. The van der Waals surface area contributed by atoms with E-state index in [1.54, 1.807) is 12.1 Å². The lowest BCUT2D eigenvalue weighted by atomic mass is 9.82. The molecule has 3 N–H and O–H groups in total. The molecule has 0 heterocycles. The highest BCUT2D eigenvalue weighted by Crippen LogP contribution is 2.37. The maximum atomic E-state index is 13.1. The predicted molar refractivity (Wildman–Crippen MR) is 101 cm³/mol. The highest BCUT2D eigenvalue weighted by atomic mass is 16.6. The highest BCUT2D eigenvalue weighted by molar-refractivity contribution is 6.32. The summed E-state index contributed by atoms with van der Waals surface area (Å²) >= 11 is 0. The summed E-state index contributed by atoms with van der Waals surface area (Å²) in [5.74, 6) is -0.784. The van der Waals surface area contributed by atoms with Crippen molar-refractivity contribution in [1.29, 1.82) is 0 Å². The summed E-state index contributed by atoms with van der Waals surface area (Å²) in [6.07, 6.45) is 5.51. The molecule has 27 heavy (non-hydrogen) atoms. The fourth-order valence-corrected chi connectivity index (χ4v) is 3.99. The van der Waals surface area contributed by atoms with E-state index in [1.807, 2.05) is 0 Å². The fraction of sp³-hybridized carbons (Fsp3) is 0.300. The second-order valence-electron chi connectivity index (χ2n) is 7.08. The smallest absolute Gasteiger partial charge is 0.270 e. The number of nitrogens with one attached hydrogen (secondary N) is 1. The number of benzene rings is 2. The number of fused-ring (bicyclic) bond motifs is 2. The molecule has 0 bridgehead atoms. The van der Waals surface area contributed by atoms with Gasteiger partial charge in [-0.05, 0) is 31.0 Å². The summed E-state index contributed by atoms with van der Waals surface area (Å²) in [6.45, 7) is 0. The zero-order valence-electron chi connectivity index (χ0n) is 14.7. The SMILES string of the molecule is Nc1ccc(NC2CCCCC2)c2c1C(=O)c1cc([N+](=O)[O-])ccc1C2=O. The first-order valence-corrected chi connectivity index (χ1v) is 9.04. The molecule has 2 aromatic rings. The number of nitro groups is 1. The van der Waals surface area contributed by atoms with E-state index in [2.05, 4.69) is 5.32 Å². The molecule has 2 aliphatic rings. The Morgan fingerprint density at radius 2 is 1.67 bits per heavy atom. The maximum absolute atomic E-state index is 13.1. The minimum atomic E-state index is -0.585. The first-order valence-electron chi connectivity index (χ1n) is 9.04. The van der Waals surface area contributed by atoms with Gasteiger partial charge in [0.2, 0.25) is 0 Å². The van der Waals surface area contributed by atoms with Crippen LogP contribution in [0.4, 0.5) is 17.1 Å². The summed E-state index contributed by atoms with van der Waals surface area (Å²) in [7, 11) is 0. The van der Waals surface area contributed by atoms with Crippen molar-refractivity contribution in [3.63, 3.8) is 0 Å². The number of carbonyl (C=O) groups excluding carboxylic acids is 2. The Bertz CT molecular complexity index is 977. The lowest BCUT2D eigenvalue weighted by molar-refractivity contribution is -0.384. The van der Waals surface area contributed by atoms with Gasteiger partial charge < -0.3 is 11.1 Å². The number of nitrogens with zero attached hydrogens (tertiary/aromatic N) is 1. The molecule has 7 nitrogen and oxygen atoms in total. The monoisotopic (exact) mass is 365 g/mol. The van der Waals surface area contributed by atoms with Crippen LogP contribution in [0.3, 0.4) is 0 Å². The quantitative estimate of drug-likeness (QED) is 0.415. The van der Waals surface area contributed by atoms with Gasteiger partial charge in [-0.25, -0.2) is 0 Å². The molecule has 2 aliphatic carbocycles. The molecule has 138 valence electrons. The second kappa shape index (κ2) is 6.50. The molecule has 0 atom stereocenters. The van der Waals surface area contributed by atoms with E-state index in [1.165, 1.54) is 18.6 Å². The van der Waals surface area contributed by atoms with Crippen molar-refractivity contribution in [1.82, 2.24) is 0 Å². The Kier molecular flexibility index (Phi) is 4.14. The van der Waals surface area contributed by atoms with E-state index in [0.717, 1.165) is 31.7 Å². The summed E-state index contributed by atoms with van der Waals surface area (Å²) in [5.41, 5.74) is 7.21. The number of ketones is 2. The average Bonchev–Trinajstić information content (AvgIpc) is 2.67. The van der Waals surface area contributed by atoms with Crippen LogP contribution in [0.25, 0.3) is 0 Å². The van der Waals surface area contributed by atoms with Gasteiger partial charge in [-0.1, -0.05) is 19.3 Å². The van der Waals surface area contributed by atoms with Crippen molar-refractivity contribution >= 4 is 28.6 Å². The third kappa shape index (κ3) is 2.85. The van der Waals surface area contributed by atoms with Gasteiger partial charge in [0.1, 0.15) is 0 Å². The van der Waals surface area contributed by atoms with Crippen molar-refractivity contribution in [3.8, 4) is 0 Å². The minimum Gasteiger partial charge on any atom is -0.398 e. The number of hydrogen-bond donors (Lipinski definition) is 2. The summed E-state index contributed by atoms with van der Waals surface area (Å²) in [6, 6.07) is 7.36. The standard InChI is InChI=1S/C20H19N3O4/c21-15-8-9-16(22-11-4-2-1-3-5-11)18-17(15)20(25)14-10-12(23(26)27)6-7-13(14)19(18)24/h6-11,22H,1-5,21H2. The van der Waals surface area contributed by atoms with Crippen molar-refractivity contribution in [2.24, 2.45) is 0 Å². The van der Waals surface area contributed by atoms with Gasteiger partial charge in [-0.15, -0.1) is 0 Å². The largest absolute Gasteiger partial charge is 0.398 e. The normalized spacial score (nSPS) is 16.6. The number of carbonyl (C=O) groups is 2. The van der Waals surface area contributed by atoms with Crippen LogP contribution in [0, 0.1) is 10.1 Å². The van der Waals surface area contributed by atoms with Gasteiger partial charge in [-0.3, -0.25) is 19.7 Å². The zero-order chi connectivity index (χ0) is 19.1. The van der Waals surface area contributed by atoms with Gasteiger partial charge in [-0.2, -0.15) is 0 Å². The van der Waals surface area contributed by atoms with Crippen LogP contribution >= 0.6 is 0 Å². The van der Waals surface area contributed by atoms with Crippen LogP contribution in [-0.2, 0) is 0 Å². The Morgan fingerprint density at radius 3 is 2.37 bits per heavy atom. The van der Waals surface area contributed by atoms with E-state index in [0.29, 0.717) is 5.69 Å². The molecule has 7 heteroatoms. The van der Waals surface area contributed by atoms with E-state index < -0.39 is 10.7 Å². The maximum Gasteiger partial charge on any atom is 0.270 e. The fourth-order valence-electron chi connectivity index (χ4n) is 3.99. The van der Waals surface area contributed by atoms with Crippen molar-refractivity contribution in [2.75, 3.05) is 11.1 Å². The number of nitrogens with two attached hydrogens (primary N) is 1. The van der Waals surface area contributed by atoms with Gasteiger partial charge in [0.15, 0.2) is 11.6 Å². The molecule has 0 amide bonds. The van der Waals surface area contributed by atoms with Gasteiger partial charge in [0, 0.05) is 40.7 Å². The molecule has 0 spiro atoms. The van der Waals surface area contributed by atoms with Gasteiger partial charge >= 0.3 is 0 Å². The topological polar surface area (TPSA) is 115 Å². The molecule has 0 aromatic heterocycles. The lowest BCUT2D eigenvalue weighted by Crippen LogP contribution is -2.27. The Balaban J connectivity index is 1.82. The molecule has 0 aliphatic heterocycles. The summed E-state index contributed by atoms with van der Waals surface area (Å²) < 4.78 is 0. The molecular formula is C20H19N3O4. The van der Waals surface area contributed by atoms with E-state index in [-0.39, 0.29) is 45.5 Å². The zero-order valence-corrected chi connectivity index (χ0v) is 14.7. The van der Waals surface area contributed by atoms with Crippen molar-refractivity contribution in [2.45, 2.75) is 38.1 Å². The van der Waals surface area contributed by atoms with Crippen molar-refractivity contribution in [3.05, 3.63) is 62.7 Å². The Hall–Kier alpha value is -3.22. The van der Waals surface area contributed by atoms with Crippen LogP contribution in [-0.4, -0.2) is 22.5 Å². The van der Waals surface area contributed by atoms with Gasteiger partial charge in [0.05, 0.1) is 16.1 Å². The summed E-state index contributed by atoms with van der Waals surface area (Å²) in [4.78, 5) is 36.6. The third-order valence-corrected chi connectivity index (χ3v) is 5.36. The molecule has 1 saturated carbocycles. The van der Waals surface area contributed by atoms with Crippen LogP contribution in [0.5, 0.6) is 0 Å². The molecule has 0 unspecified atom stereocenters. The lowest BCUT2D eigenvalue weighted by Gasteiger charge is -2.27. The molecule has 0 saturated heterocycles. The van der Waals surface area contributed by atoms with Gasteiger partial charge in [0.25, 0.3) is 5.69 Å². The third-order valence-electron chi connectivity index (χ3n) is 5.36. The Labute approximate surface area is 155 Å². The average molecular weight is 365 g/mol. The van der Waals surface area contributed by atoms with E-state index in [9.17, 15) is 19.7 Å². The number of nitrogen functional groups attached to an aromatic ring is 1. The molecule has 0 radical (unpaired) electrons. The first-order chi connectivity index (χ1) is 13.0. The van der Waals surface area contributed by atoms with Crippen LogP contribution in [0.15, 0.2) is 30.3 Å². The molecular weight excluding hydrogens is 346 g/mol. The molecule has 2 aromatic carbocycles. The summed E-state index contributed by atoms with van der Waals surface area (Å²) in [5, 5.41) is 14.4. The Morgan fingerprint density at radius 1 is 0.963 bits per heavy atom. The van der Waals surface area contributed by atoms with E-state index in [4.69, 9.17) is 5.73 Å². The van der Waals surface area contributed by atoms with Crippen molar-refractivity contribution < 1.29 is 14.5 Å². The predicted octanol–water partition coefficient (Wildman–Crippen LogP) is 3.70. The number of rotatable bonds is 3. The van der Waals surface area contributed by atoms with Crippen LogP contribution < -0.4 is 11.1 Å². The van der Waals surface area contributed by atoms with E-state index >= 15 is 0 Å². The minimum absolute atomic E-state index is 0.0308. The molecule has 1 fully saturated rings. The number of non-ortho nitro benzene ring substituents is 1. The highest BCUT2D eigenvalue weighted by Gasteiger charge is 2.35. The number of nitro benzene ring substituents is 1.